The smallest absolute Gasteiger partial charge is 0.168 e. The summed E-state index contributed by atoms with van der Waals surface area (Å²) in [7, 11) is -4.05. The fourth-order valence-corrected chi connectivity index (χ4v) is 0.589. The molecule has 4 nitrogen and oxygen atoms in total. The molecule has 0 aliphatic rings. The van der Waals surface area contributed by atoms with Crippen LogP contribution in [0.4, 0.5) is 0 Å². The highest BCUT2D eigenvalue weighted by Gasteiger charge is 2.31. The fourth-order valence-electron chi connectivity index (χ4n) is 0.0655. The lowest BCUT2D eigenvalue weighted by Crippen LogP contribution is -1.91. The molecular weight excluding hydrogens is 142 g/mol. The topological polar surface area (TPSA) is 69.9 Å². The third kappa shape index (κ3) is 6.56. The van der Waals surface area contributed by atoms with Crippen LogP contribution in [0.1, 0.15) is 0 Å². The monoisotopic (exact) mass is 147 g/mol. The Bertz CT molecular complexity index is 50.1. The summed E-state index contributed by atoms with van der Waals surface area (Å²) in [4.78, 5) is 23.8. The molecule has 0 bridgehead atoms. The number of alkyl halides is 1. The molecule has 3 N–H and O–H groups in total. The lowest BCUT2D eigenvalue weighted by Gasteiger charge is -1.95. The van der Waals surface area contributed by atoms with Crippen molar-refractivity contribution in [2.75, 3.05) is 6.07 Å². The van der Waals surface area contributed by atoms with E-state index in [0.717, 1.165) is 0 Å². The van der Waals surface area contributed by atoms with Gasteiger partial charge in [-0.15, -0.1) is 4.52 Å². The van der Waals surface area contributed by atoms with Crippen LogP contribution in [0.25, 0.3) is 0 Å². The second-order valence-electron chi connectivity index (χ2n) is 0.751. The Morgan fingerprint density at radius 1 is 1.43 bits per heavy atom. The van der Waals surface area contributed by atoms with Crippen molar-refractivity contribution in [1.29, 1.82) is 0 Å². The number of halogens is 1. The fraction of sp³-hybridized carbons (Fsp3) is 1.00. The van der Waals surface area contributed by atoms with Gasteiger partial charge in [0.2, 0.25) is 0 Å². The van der Waals surface area contributed by atoms with E-state index in [4.69, 9.17) is 26.3 Å². The molecule has 0 aromatic heterocycles. The Balaban J connectivity index is 3.15. The molecule has 6 heteroatoms. The minimum absolute atomic E-state index is 0.419. The second-order valence-corrected chi connectivity index (χ2v) is 2.25. The quantitative estimate of drug-likeness (QED) is 0.375. The van der Waals surface area contributed by atoms with Crippen LogP contribution in [0.15, 0.2) is 0 Å². The van der Waals surface area contributed by atoms with E-state index in [1.165, 1.54) is 0 Å². The molecule has 0 fully saturated rings. The van der Waals surface area contributed by atoms with Gasteiger partial charge in [0.1, 0.15) is 0 Å². The van der Waals surface area contributed by atoms with Gasteiger partial charge in [0.25, 0.3) is 0 Å². The van der Waals surface area contributed by atoms with Crippen molar-refractivity contribution in [1.82, 2.24) is 0 Å². The van der Waals surface area contributed by atoms with Gasteiger partial charge in [0, 0.05) is 0 Å². The van der Waals surface area contributed by atoms with Gasteiger partial charge in [-0.1, -0.05) is 11.6 Å². The Hall–Kier alpha value is 0.560. The summed E-state index contributed by atoms with van der Waals surface area (Å²) in [6.45, 7) is 0. The van der Waals surface area contributed by atoms with Crippen molar-refractivity contribution in [2.24, 2.45) is 0 Å². The lowest BCUT2D eigenvalue weighted by atomic mass is 11.7. The summed E-state index contributed by atoms with van der Waals surface area (Å²) in [5.41, 5.74) is 0. The molecule has 0 atom stereocenters. The van der Waals surface area contributed by atoms with Crippen molar-refractivity contribution in [3.05, 3.63) is 0 Å². The largest absolute Gasteiger partial charge is 0.568 e. The number of hydrogen-bond donors (Lipinski definition) is 3. The van der Waals surface area contributed by atoms with Crippen molar-refractivity contribution < 1.29 is 19.2 Å². The van der Waals surface area contributed by atoms with Crippen molar-refractivity contribution in [2.45, 2.75) is 0 Å². The minimum Gasteiger partial charge on any atom is -0.168 e. The van der Waals surface area contributed by atoms with Gasteiger partial charge in [-0.3, -0.25) is 0 Å². The first-order chi connectivity index (χ1) is 3.06. The first-order valence-corrected chi connectivity index (χ1v) is 3.44. The summed E-state index contributed by atoms with van der Waals surface area (Å²) in [5, 5.41) is 0. The molecule has 7 heavy (non-hydrogen) atoms. The summed E-state index contributed by atoms with van der Waals surface area (Å²) in [5.74, 6) is 0. The van der Waals surface area contributed by atoms with E-state index in [9.17, 15) is 0 Å². The predicted molar refractivity (Wildman–Crippen MR) is 25.4 cm³/mol. The molecule has 44 valence electrons. The Morgan fingerprint density at radius 3 is 1.86 bits per heavy atom. The number of rotatable bonds is 2. The van der Waals surface area contributed by atoms with Crippen molar-refractivity contribution >= 4 is 19.8 Å². The van der Waals surface area contributed by atoms with E-state index in [-0.39, 0.29) is 0 Å². The number of hydrogen-bond acceptors (Lipinski definition) is 4. The summed E-state index contributed by atoms with van der Waals surface area (Å²) >= 11 is 4.81. The lowest BCUT2D eigenvalue weighted by molar-refractivity contribution is 0.184. The Morgan fingerprint density at radius 2 is 1.86 bits per heavy atom. The molecule has 0 unspecified atom stereocenters. The van der Waals surface area contributed by atoms with Gasteiger partial charge in [0.15, 0.2) is 6.07 Å². The van der Waals surface area contributed by atoms with Crippen LogP contribution in [0.5, 0.6) is 0 Å². The molecule has 0 saturated carbocycles. The molecule has 0 aromatic carbocycles. The van der Waals surface area contributed by atoms with E-state index in [0.29, 0.717) is 0 Å². The van der Waals surface area contributed by atoms with Gasteiger partial charge in [-0.2, -0.15) is 14.7 Å². The highest BCUT2D eigenvalue weighted by atomic mass is 35.5. The van der Waals surface area contributed by atoms with Crippen LogP contribution in [-0.4, -0.2) is 20.7 Å². The van der Waals surface area contributed by atoms with Crippen LogP contribution < -0.4 is 0 Å². The Kier molecular flexibility index (Phi) is 2.99. The molecule has 0 rings (SSSR count). The molecular formula is CH5ClO4P+. The summed E-state index contributed by atoms with van der Waals surface area (Å²) < 4.78 is 3.77. The highest BCUT2D eigenvalue weighted by molar-refractivity contribution is 7.53. The zero-order chi connectivity index (χ0) is 5.91. The second kappa shape index (κ2) is 2.77. The molecule has 0 spiro atoms. The standard InChI is InChI=1S/CH5ClO4P/c2-1-6-7(3,4)5/h3-5H,1H2/q+1. The average Bonchev–Trinajstić information content (AvgIpc) is 1.30. The van der Waals surface area contributed by atoms with Gasteiger partial charge in [-0.25, -0.2) is 0 Å². The van der Waals surface area contributed by atoms with Gasteiger partial charge in [-0.05, 0) is 0 Å². The Labute approximate surface area is 46.0 Å². The van der Waals surface area contributed by atoms with Crippen molar-refractivity contribution in [3.8, 4) is 0 Å². The van der Waals surface area contributed by atoms with E-state index < -0.39 is 14.2 Å². The maximum atomic E-state index is 7.93. The van der Waals surface area contributed by atoms with Gasteiger partial charge in [0.05, 0.1) is 0 Å². The summed E-state index contributed by atoms with van der Waals surface area (Å²) in [6, 6.07) is -0.419. The van der Waals surface area contributed by atoms with Crippen LogP contribution in [-0.2, 0) is 4.52 Å². The maximum Gasteiger partial charge on any atom is 0.568 e. The molecule has 0 saturated heterocycles. The minimum atomic E-state index is -4.05. The van der Waals surface area contributed by atoms with Crippen LogP contribution in [0.3, 0.4) is 0 Å². The van der Waals surface area contributed by atoms with Crippen LogP contribution >= 0.6 is 19.8 Å². The van der Waals surface area contributed by atoms with Crippen LogP contribution in [0.2, 0.25) is 0 Å². The SMILES string of the molecule is O[P+](O)(O)OCCl. The maximum absolute atomic E-state index is 7.93. The molecule has 0 heterocycles. The third-order valence-corrected chi connectivity index (χ3v) is 0.959. The molecule has 0 aliphatic heterocycles. The third-order valence-electron chi connectivity index (χ3n) is 0.222. The van der Waals surface area contributed by atoms with Gasteiger partial charge < -0.3 is 0 Å². The first-order valence-electron chi connectivity index (χ1n) is 1.34. The molecule has 0 radical (unpaired) electrons. The zero-order valence-corrected chi connectivity index (χ0v) is 4.93. The van der Waals surface area contributed by atoms with E-state index in [1.807, 2.05) is 0 Å². The van der Waals surface area contributed by atoms with E-state index >= 15 is 0 Å². The van der Waals surface area contributed by atoms with Crippen LogP contribution in [0, 0.1) is 0 Å². The molecule has 0 aromatic rings. The average molecular weight is 147 g/mol. The summed E-state index contributed by atoms with van der Waals surface area (Å²) in [6.07, 6.45) is 0. The van der Waals surface area contributed by atoms with Gasteiger partial charge >= 0.3 is 8.17 Å². The van der Waals surface area contributed by atoms with Crippen molar-refractivity contribution in [3.63, 3.8) is 0 Å². The highest BCUT2D eigenvalue weighted by Crippen LogP contribution is 2.45. The zero-order valence-electron chi connectivity index (χ0n) is 3.28. The molecule has 0 aliphatic carbocycles. The molecule has 0 amide bonds. The predicted octanol–water partition coefficient (Wildman–Crippen LogP) is -0.146. The first kappa shape index (κ1) is 7.56. The van der Waals surface area contributed by atoms with E-state index in [2.05, 4.69) is 4.52 Å². The normalized spacial score (nSPS) is 12.0. The van der Waals surface area contributed by atoms with E-state index in [1.54, 1.807) is 0 Å².